The maximum absolute atomic E-state index is 15.0. The SMILES string of the molecule is CCc1ccc2c(c1)c(-c1ccc(C)[nH]c1=O)c(C(=O)NS(=O)(=O)C1CC1)n2Cc1cc(C(N)=O)ccc1F. The fourth-order valence-corrected chi connectivity index (χ4v) is 6.00. The van der Waals surface area contributed by atoms with Gasteiger partial charge in [-0.1, -0.05) is 13.0 Å². The molecule has 0 saturated heterocycles. The van der Waals surface area contributed by atoms with Crippen molar-refractivity contribution in [2.45, 2.75) is 44.9 Å². The highest BCUT2D eigenvalue weighted by molar-refractivity contribution is 7.91. The quantitative estimate of drug-likeness (QED) is 0.308. The van der Waals surface area contributed by atoms with Crippen LogP contribution in [0.2, 0.25) is 0 Å². The molecule has 1 aliphatic carbocycles. The molecule has 11 heteroatoms. The summed E-state index contributed by atoms with van der Waals surface area (Å²) in [4.78, 5) is 41.4. The van der Waals surface area contributed by atoms with Crippen molar-refractivity contribution in [1.82, 2.24) is 14.3 Å². The van der Waals surface area contributed by atoms with Crippen LogP contribution < -0.4 is 16.0 Å². The number of aryl methyl sites for hydroxylation is 2. The third kappa shape index (κ3) is 4.97. The molecular weight excluding hydrogens is 523 g/mol. The Morgan fingerprint density at radius 1 is 1.13 bits per heavy atom. The lowest BCUT2D eigenvalue weighted by molar-refractivity contribution is 0.0970. The van der Waals surface area contributed by atoms with Crippen molar-refractivity contribution < 1.29 is 22.4 Å². The predicted molar refractivity (Wildman–Crippen MR) is 146 cm³/mol. The van der Waals surface area contributed by atoms with Crippen LogP contribution in [0, 0.1) is 12.7 Å². The van der Waals surface area contributed by atoms with Crippen LogP contribution in [-0.4, -0.2) is 35.0 Å². The lowest BCUT2D eigenvalue weighted by atomic mass is 10.0. The zero-order valence-corrected chi connectivity index (χ0v) is 22.2. The molecule has 0 radical (unpaired) electrons. The minimum atomic E-state index is -3.95. The number of hydrogen-bond donors (Lipinski definition) is 3. The lowest BCUT2D eigenvalue weighted by Crippen LogP contribution is -2.35. The van der Waals surface area contributed by atoms with Gasteiger partial charge in [0.15, 0.2) is 0 Å². The second kappa shape index (κ2) is 9.81. The highest BCUT2D eigenvalue weighted by Gasteiger charge is 2.38. The van der Waals surface area contributed by atoms with Gasteiger partial charge in [0.05, 0.1) is 11.8 Å². The molecule has 1 saturated carbocycles. The second-order valence-corrected chi connectivity index (χ2v) is 11.7. The summed E-state index contributed by atoms with van der Waals surface area (Å²) in [6.45, 7) is 3.44. The zero-order chi connectivity index (χ0) is 28.1. The molecule has 2 amide bonds. The maximum Gasteiger partial charge on any atom is 0.282 e. The van der Waals surface area contributed by atoms with Gasteiger partial charge in [0.25, 0.3) is 11.5 Å². The summed E-state index contributed by atoms with van der Waals surface area (Å²) < 4.78 is 44.2. The van der Waals surface area contributed by atoms with Crippen LogP contribution in [0.25, 0.3) is 22.0 Å². The van der Waals surface area contributed by atoms with E-state index in [9.17, 15) is 27.2 Å². The van der Waals surface area contributed by atoms with Crippen LogP contribution in [-0.2, 0) is 23.0 Å². The number of nitrogens with one attached hydrogen (secondary N) is 2. The number of primary amides is 1. The van der Waals surface area contributed by atoms with Gasteiger partial charge in [0, 0.05) is 38.9 Å². The van der Waals surface area contributed by atoms with E-state index in [-0.39, 0.29) is 34.5 Å². The number of aromatic nitrogens is 2. The standard InChI is InChI=1S/C28H27FN4O5S/c1-3-16-5-11-23-21(12-16)24(20-9-4-15(2)31-27(20)35)25(28(36)32-39(37,38)19-7-8-19)33(23)14-18-13-17(26(30)34)6-10-22(18)29/h4-6,9-13,19H,3,7-8,14H2,1-2H3,(H2,30,34)(H,31,35)(H,32,36). The van der Waals surface area contributed by atoms with E-state index in [1.807, 2.05) is 19.1 Å². The molecule has 2 aromatic heterocycles. The van der Waals surface area contributed by atoms with Gasteiger partial charge in [-0.25, -0.2) is 17.5 Å². The van der Waals surface area contributed by atoms with Crippen molar-refractivity contribution in [3.8, 4) is 11.1 Å². The van der Waals surface area contributed by atoms with Gasteiger partial charge in [-0.05, 0) is 74.2 Å². The van der Waals surface area contributed by atoms with Gasteiger partial charge in [-0.2, -0.15) is 0 Å². The predicted octanol–water partition coefficient (Wildman–Crippen LogP) is 3.38. The number of benzene rings is 2. The molecule has 4 aromatic rings. The molecule has 202 valence electrons. The average molecular weight is 551 g/mol. The number of pyridine rings is 1. The molecule has 0 aliphatic heterocycles. The van der Waals surface area contributed by atoms with Crippen LogP contribution in [0.3, 0.4) is 0 Å². The molecule has 1 aliphatic rings. The third-order valence-corrected chi connectivity index (χ3v) is 8.75. The van der Waals surface area contributed by atoms with E-state index >= 15 is 0 Å². The molecule has 0 atom stereocenters. The largest absolute Gasteiger partial charge is 0.366 e. The molecular formula is C28H27FN4O5S. The van der Waals surface area contributed by atoms with E-state index in [1.54, 1.807) is 25.1 Å². The molecule has 4 N–H and O–H groups in total. The van der Waals surface area contributed by atoms with Gasteiger partial charge in [0.2, 0.25) is 15.9 Å². The van der Waals surface area contributed by atoms with Crippen molar-refractivity contribution >= 4 is 32.7 Å². The van der Waals surface area contributed by atoms with Crippen molar-refractivity contribution in [2.75, 3.05) is 0 Å². The summed E-state index contributed by atoms with van der Waals surface area (Å²) in [7, 11) is -3.95. The van der Waals surface area contributed by atoms with Crippen molar-refractivity contribution in [3.05, 3.63) is 92.8 Å². The molecule has 0 bridgehead atoms. The molecule has 5 rings (SSSR count). The number of rotatable bonds is 8. The first-order valence-electron chi connectivity index (χ1n) is 12.5. The number of sulfonamides is 1. The van der Waals surface area contributed by atoms with E-state index in [1.165, 1.54) is 16.7 Å². The first kappa shape index (κ1) is 26.4. The number of halogens is 1. The first-order chi connectivity index (χ1) is 18.5. The highest BCUT2D eigenvalue weighted by Crippen LogP contribution is 2.36. The average Bonchev–Trinajstić information content (AvgIpc) is 3.70. The summed E-state index contributed by atoms with van der Waals surface area (Å²) in [6, 6.07) is 12.4. The van der Waals surface area contributed by atoms with E-state index < -0.39 is 38.5 Å². The minimum absolute atomic E-state index is 0.0613. The zero-order valence-electron chi connectivity index (χ0n) is 21.4. The van der Waals surface area contributed by atoms with Crippen LogP contribution >= 0.6 is 0 Å². The number of nitrogens with zero attached hydrogens (tertiary/aromatic N) is 1. The topological polar surface area (TPSA) is 144 Å². The molecule has 9 nitrogen and oxygen atoms in total. The van der Waals surface area contributed by atoms with Gasteiger partial charge in [-0.15, -0.1) is 0 Å². The number of hydrogen-bond acceptors (Lipinski definition) is 5. The van der Waals surface area contributed by atoms with Crippen LogP contribution in [0.5, 0.6) is 0 Å². The highest BCUT2D eigenvalue weighted by atomic mass is 32.2. The number of H-pyrrole nitrogens is 1. The second-order valence-electron chi connectivity index (χ2n) is 9.74. The Balaban J connectivity index is 1.82. The smallest absolute Gasteiger partial charge is 0.282 e. The Morgan fingerprint density at radius 2 is 1.87 bits per heavy atom. The Morgan fingerprint density at radius 3 is 2.51 bits per heavy atom. The fraction of sp³-hybridized carbons (Fsp3) is 0.250. The summed E-state index contributed by atoms with van der Waals surface area (Å²) in [5, 5.41) is -0.133. The Bertz CT molecular complexity index is 1820. The number of nitrogens with two attached hydrogens (primary N) is 1. The monoisotopic (exact) mass is 550 g/mol. The van der Waals surface area contributed by atoms with Gasteiger partial charge >= 0.3 is 0 Å². The van der Waals surface area contributed by atoms with E-state index in [4.69, 9.17) is 5.73 Å². The van der Waals surface area contributed by atoms with Crippen LogP contribution in [0.1, 0.15) is 57.4 Å². The fourth-order valence-electron chi connectivity index (χ4n) is 4.72. The molecule has 1 fully saturated rings. The number of amides is 2. The van der Waals surface area contributed by atoms with Crippen LogP contribution in [0.4, 0.5) is 4.39 Å². The number of carbonyl (C=O) groups excluding carboxylic acids is 2. The van der Waals surface area contributed by atoms with Crippen molar-refractivity contribution in [1.29, 1.82) is 0 Å². The Labute approximate surface area is 223 Å². The van der Waals surface area contributed by atoms with Crippen molar-refractivity contribution in [3.63, 3.8) is 0 Å². The van der Waals surface area contributed by atoms with E-state index in [2.05, 4.69) is 9.71 Å². The normalized spacial score (nSPS) is 13.5. The molecule has 2 heterocycles. The van der Waals surface area contributed by atoms with E-state index in [0.717, 1.165) is 11.6 Å². The van der Waals surface area contributed by atoms with Crippen LogP contribution in [0.15, 0.2) is 53.3 Å². The van der Waals surface area contributed by atoms with Gasteiger partial charge in [0.1, 0.15) is 11.5 Å². The minimum Gasteiger partial charge on any atom is -0.366 e. The van der Waals surface area contributed by atoms with Gasteiger partial charge in [-0.3, -0.25) is 14.4 Å². The summed E-state index contributed by atoms with van der Waals surface area (Å²) in [5.41, 5.74) is 7.38. The Kier molecular flexibility index (Phi) is 6.63. The van der Waals surface area contributed by atoms with Gasteiger partial charge < -0.3 is 15.3 Å². The maximum atomic E-state index is 15.0. The third-order valence-electron chi connectivity index (χ3n) is 6.93. The molecule has 2 aromatic carbocycles. The first-order valence-corrected chi connectivity index (χ1v) is 14.0. The lowest BCUT2D eigenvalue weighted by Gasteiger charge is -2.14. The number of aromatic amines is 1. The summed E-state index contributed by atoms with van der Waals surface area (Å²) >= 11 is 0. The summed E-state index contributed by atoms with van der Waals surface area (Å²) in [5.74, 6) is -2.32. The summed E-state index contributed by atoms with van der Waals surface area (Å²) in [6.07, 6.45) is 1.56. The van der Waals surface area contributed by atoms with E-state index in [0.29, 0.717) is 35.9 Å². The molecule has 0 unspecified atom stereocenters. The molecule has 39 heavy (non-hydrogen) atoms. The molecule has 0 spiro atoms. The number of carbonyl (C=O) groups is 2. The Hall–Kier alpha value is -4.25. The number of fused-ring (bicyclic) bond motifs is 1. The van der Waals surface area contributed by atoms with Crippen molar-refractivity contribution in [2.24, 2.45) is 5.73 Å².